The Bertz CT molecular complexity index is 408. The Hall–Kier alpha value is -1.06. The summed E-state index contributed by atoms with van der Waals surface area (Å²) in [6.45, 7) is 6.70. The van der Waals surface area contributed by atoms with Crippen LogP contribution in [0.4, 0.5) is 0 Å². The molecule has 172 valence electrons. The molecular weight excluding hydrogens is 364 g/mol. The van der Waals surface area contributed by atoms with Crippen molar-refractivity contribution in [2.45, 2.75) is 130 Å². The number of aliphatic carboxylic acids is 2. The summed E-state index contributed by atoms with van der Waals surface area (Å²) in [5.41, 5.74) is 0. The molecule has 3 unspecified atom stereocenters. The number of hydrogen-bond donors (Lipinski definition) is 2. The van der Waals surface area contributed by atoms with Gasteiger partial charge in [-0.1, -0.05) is 91.4 Å². The average Bonchev–Trinajstić information content (AvgIpc) is 2.65. The van der Waals surface area contributed by atoms with Gasteiger partial charge in [0, 0.05) is 12.8 Å². The monoisotopic (exact) mass is 412 g/mol. The van der Waals surface area contributed by atoms with Crippen molar-refractivity contribution in [2.24, 2.45) is 17.8 Å². The zero-order chi connectivity index (χ0) is 21.9. The van der Waals surface area contributed by atoms with Crippen LogP contribution in [0.2, 0.25) is 0 Å². The summed E-state index contributed by atoms with van der Waals surface area (Å²) in [6.07, 6.45) is 17.9. The van der Waals surface area contributed by atoms with Crippen LogP contribution in [-0.4, -0.2) is 22.2 Å². The highest BCUT2D eigenvalue weighted by Crippen LogP contribution is 2.27. The quantitative estimate of drug-likeness (QED) is 0.189. The molecule has 29 heavy (non-hydrogen) atoms. The first-order valence-corrected chi connectivity index (χ1v) is 12.3. The van der Waals surface area contributed by atoms with Gasteiger partial charge in [-0.2, -0.15) is 0 Å². The van der Waals surface area contributed by atoms with Crippen molar-refractivity contribution in [2.75, 3.05) is 0 Å². The molecule has 0 aliphatic rings. The van der Waals surface area contributed by atoms with E-state index in [0.717, 1.165) is 32.1 Å². The molecule has 0 aromatic carbocycles. The molecule has 0 rings (SSSR count). The minimum atomic E-state index is -0.682. The Morgan fingerprint density at radius 3 is 1.83 bits per heavy atom. The van der Waals surface area contributed by atoms with Crippen molar-refractivity contribution in [3.63, 3.8) is 0 Å². The second-order valence-electron chi connectivity index (χ2n) is 9.23. The van der Waals surface area contributed by atoms with Crippen molar-refractivity contribution >= 4 is 11.9 Å². The van der Waals surface area contributed by atoms with E-state index >= 15 is 0 Å². The SMILES string of the molecule is CCCCCCC(CC(=O)O)CC(C)CCCCC(CCCC)CCCC(=O)O. The molecule has 0 heterocycles. The maximum Gasteiger partial charge on any atom is 0.303 e. The molecule has 4 heteroatoms. The molecule has 0 amide bonds. The molecule has 0 saturated carbocycles. The second-order valence-corrected chi connectivity index (χ2v) is 9.23. The van der Waals surface area contributed by atoms with Crippen molar-refractivity contribution in [1.29, 1.82) is 0 Å². The lowest BCUT2D eigenvalue weighted by molar-refractivity contribution is -0.138. The van der Waals surface area contributed by atoms with E-state index in [2.05, 4.69) is 20.8 Å². The fourth-order valence-electron chi connectivity index (χ4n) is 4.49. The third-order valence-corrected chi connectivity index (χ3v) is 6.19. The number of hydrogen-bond acceptors (Lipinski definition) is 2. The summed E-state index contributed by atoms with van der Waals surface area (Å²) in [5, 5.41) is 18.1. The zero-order valence-corrected chi connectivity index (χ0v) is 19.5. The fourth-order valence-corrected chi connectivity index (χ4v) is 4.49. The largest absolute Gasteiger partial charge is 0.481 e. The number of carboxylic acid groups (broad SMARTS) is 2. The number of carbonyl (C=O) groups is 2. The standard InChI is InChI=1S/C25H48O4/c1-4-6-8-9-16-23(20-25(28)29)19-21(3)13-10-11-15-22(14-7-5-2)17-12-18-24(26)27/h21-23H,4-20H2,1-3H3,(H,26,27)(H,28,29). The van der Waals surface area contributed by atoms with Gasteiger partial charge in [-0.25, -0.2) is 0 Å². The predicted octanol–water partition coefficient (Wildman–Crippen LogP) is 7.70. The fraction of sp³-hybridized carbons (Fsp3) is 0.920. The highest BCUT2D eigenvalue weighted by molar-refractivity contribution is 5.67. The Balaban J connectivity index is 4.16. The Morgan fingerprint density at radius 1 is 0.655 bits per heavy atom. The van der Waals surface area contributed by atoms with Crippen LogP contribution in [-0.2, 0) is 9.59 Å². The van der Waals surface area contributed by atoms with Crippen LogP contribution in [0.15, 0.2) is 0 Å². The van der Waals surface area contributed by atoms with E-state index in [9.17, 15) is 14.7 Å². The number of rotatable bonds is 21. The summed E-state index contributed by atoms with van der Waals surface area (Å²) >= 11 is 0. The minimum Gasteiger partial charge on any atom is -0.481 e. The first-order chi connectivity index (χ1) is 13.9. The predicted molar refractivity (Wildman–Crippen MR) is 121 cm³/mol. The van der Waals surface area contributed by atoms with Gasteiger partial charge in [-0.05, 0) is 43.4 Å². The third kappa shape index (κ3) is 18.7. The lowest BCUT2D eigenvalue weighted by Crippen LogP contribution is -2.12. The topological polar surface area (TPSA) is 74.6 Å². The maximum absolute atomic E-state index is 11.2. The van der Waals surface area contributed by atoms with E-state index < -0.39 is 11.9 Å². The summed E-state index contributed by atoms with van der Waals surface area (Å²) < 4.78 is 0. The van der Waals surface area contributed by atoms with Gasteiger partial charge in [0.15, 0.2) is 0 Å². The molecule has 0 aliphatic heterocycles. The lowest BCUT2D eigenvalue weighted by atomic mass is 9.85. The normalized spacial score (nSPS) is 14.4. The van der Waals surface area contributed by atoms with E-state index in [1.165, 1.54) is 64.2 Å². The molecule has 0 aromatic heterocycles. The van der Waals surface area contributed by atoms with Crippen LogP contribution in [0.5, 0.6) is 0 Å². The van der Waals surface area contributed by atoms with Gasteiger partial charge in [0.05, 0.1) is 0 Å². The summed E-state index contributed by atoms with van der Waals surface area (Å²) in [6, 6.07) is 0. The molecule has 0 aromatic rings. The third-order valence-electron chi connectivity index (χ3n) is 6.19. The summed E-state index contributed by atoms with van der Waals surface area (Å²) in [4.78, 5) is 21.9. The van der Waals surface area contributed by atoms with E-state index in [4.69, 9.17) is 5.11 Å². The summed E-state index contributed by atoms with van der Waals surface area (Å²) in [5.74, 6) is 0.249. The maximum atomic E-state index is 11.2. The van der Waals surface area contributed by atoms with Gasteiger partial charge in [-0.15, -0.1) is 0 Å². The van der Waals surface area contributed by atoms with Crippen LogP contribution in [0.1, 0.15) is 130 Å². The second kappa shape index (κ2) is 18.9. The smallest absolute Gasteiger partial charge is 0.303 e. The molecule has 0 fully saturated rings. The van der Waals surface area contributed by atoms with E-state index in [0.29, 0.717) is 30.6 Å². The lowest BCUT2D eigenvalue weighted by Gasteiger charge is -2.20. The highest BCUT2D eigenvalue weighted by atomic mass is 16.4. The van der Waals surface area contributed by atoms with Gasteiger partial charge in [-0.3, -0.25) is 9.59 Å². The first kappa shape index (κ1) is 27.9. The van der Waals surface area contributed by atoms with Crippen LogP contribution >= 0.6 is 0 Å². The van der Waals surface area contributed by atoms with Crippen LogP contribution in [0.25, 0.3) is 0 Å². The van der Waals surface area contributed by atoms with Gasteiger partial charge in [0.25, 0.3) is 0 Å². The zero-order valence-electron chi connectivity index (χ0n) is 19.5. The molecular formula is C25H48O4. The summed E-state index contributed by atoms with van der Waals surface area (Å²) in [7, 11) is 0. The molecule has 0 aliphatic carbocycles. The van der Waals surface area contributed by atoms with Gasteiger partial charge in [0.1, 0.15) is 0 Å². The number of carboxylic acids is 2. The molecule has 0 saturated heterocycles. The Kier molecular flexibility index (Phi) is 18.2. The van der Waals surface area contributed by atoms with Crippen LogP contribution in [0.3, 0.4) is 0 Å². The van der Waals surface area contributed by atoms with Gasteiger partial charge in [0.2, 0.25) is 0 Å². The van der Waals surface area contributed by atoms with Crippen LogP contribution < -0.4 is 0 Å². The van der Waals surface area contributed by atoms with Crippen molar-refractivity contribution in [3.05, 3.63) is 0 Å². The molecule has 0 spiro atoms. The van der Waals surface area contributed by atoms with Gasteiger partial charge >= 0.3 is 11.9 Å². The van der Waals surface area contributed by atoms with Crippen molar-refractivity contribution in [1.82, 2.24) is 0 Å². The van der Waals surface area contributed by atoms with E-state index in [1.54, 1.807) is 0 Å². The average molecular weight is 413 g/mol. The van der Waals surface area contributed by atoms with Crippen molar-refractivity contribution in [3.8, 4) is 0 Å². The van der Waals surface area contributed by atoms with Crippen LogP contribution in [0, 0.1) is 17.8 Å². The molecule has 0 bridgehead atoms. The highest BCUT2D eigenvalue weighted by Gasteiger charge is 2.17. The minimum absolute atomic E-state index is 0.295. The molecule has 2 N–H and O–H groups in total. The molecule has 0 radical (unpaired) electrons. The molecule has 3 atom stereocenters. The van der Waals surface area contributed by atoms with E-state index in [1.807, 2.05) is 0 Å². The number of unbranched alkanes of at least 4 members (excludes halogenated alkanes) is 5. The van der Waals surface area contributed by atoms with Gasteiger partial charge < -0.3 is 10.2 Å². The molecule has 4 nitrogen and oxygen atoms in total. The van der Waals surface area contributed by atoms with E-state index in [-0.39, 0.29) is 0 Å². The van der Waals surface area contributed by atoms with Crippen molar-refractivity contribution < 1.29 is 19.8 Å². The first-order valence-electron chi connectivity index (χ1n) is 12.3. The Labute approximate surface area is 179 Å². The Morgan fingerprint density at radius 2 is 1.21 bits per heavy atom.